The molecule has 1 aromatic carbocycles. The smallest absolute Gasteiger partial charge is 0.191 e. The van der Waals surface area contributed by atoms with Crippen molar-refractivity contribution in [1.29, 1.82) is 0 Å². The lowest BCUT2D eigenvalue weighted by Crippen LogP contribution is -2.38. The van der Waals surface area contributed by atoms with E-state index in [0.717, 1.165) is 44.2 Å². The molecule has 0 heterocycles. The van der Waals surface area contributed by atoms with Crippen LogP contribution >= 0.6 is 24.0 Å². The van der Waals surface area contributed by atoms with Gasteiger partial charge in [0.15, 0.2) is 5.96 Å². The van der Waals surface area contributed by atoms with Crippen molar-refractivity contribution in [3.05, 3.63) is 29.8 Å². The molecule has 0 aliphatic carbocycles. The lowest BCUT2D eigenvalue weighted by molar-refractivity contribution is 0.409. The van der Waals surface area contributed by atoms with Crippen molar-refractivity contribution < 1.29 is 4.74 Å². The van der Waals surface area contributed by atoms with Crippen molar-refractivity contribution in [2.45, 2.75) is 26.7 Å². The maximum absolute atomic E-state index is 5.34. The quantitative estimate of drug-likeness (QED) is 0.427. The summed E-state index contributed by atoms with van der Waals surface area (Å²) in [7, 11) is 1.71. The molecular weight excluding hydrogens is 365 g/mol. The largest absolute Gasteiger partial charge is 0.496 e. The molecule has 114 valence electrons. The molecule has 0 aliphatic heterocycles. The predicted octanol–water partition coefficient (Wildman–Crippen LogP) is 2.82. The number of methoxy groups -OCH3 is 1. The van der Waals surface area contributed by atoms with Crippen LogP contribution in [-0.4, -0.2) is 32.7 Å². The zero-order valence-corrected chi connectivity index (χ0v) is 14.9. The normalized spacial score (nSPS) is 10.7. The molecule has 4 nitrogen and oxygen atoms in total. The average Bonchev–Trinajstić information content (AvgIpc) is 2.45. The first-order valence-electron chi connectivity index (χ1n) is 6.95. The van der Waals surface area contributed by atoms with E-state index in [-0.39, 0.29) is 24.0 Å². The third-order valence-electron chi connectivity index (χ3n) is 2.72. The van der Waals surface area contributed by atoms with Crippen molar-refractivity contribution in [1.82, 2.24) is 10.6 Å². The van der Waals surface area contributed by atoms with Crippen molar-refractivity contribution in [3.63, 3.8) is 0 Å². The van der Waals surface area contributed by atoms with E-state index in [2.05, 4.69) is 35.5 Å². The third-order valence-corrected chi connectivity index (χ3v) is 2.72. The maximum atomic E-state index is 5.34. The van der Waals surface area contributed by atoms with E-state index in [1.165, 1.54) is 5.56 Å². The number of rotatable bonds is 7. The molecule has 0 radical (unpaired) electrons. The van der Waals surface area contributed by atoms with Crippen LogP contribution in [0.4, 0.5) is 0 Å². The molecule has 0 saturated heterocycles. The first-order chi connectivity index (χ1) is 9.31. The lowest BCUT2D eigenvalue weighted by atomic mass is 10.1. The summed E-state index contributed by atoms with van der Waals surface area (Å²) in [6.45, 7) is 6.77. The van der Waals surface area contributed by atoms with Crippen molar-refractivity contribution >= 4 is 29.9 Å². The number of ether oxygens (including phenoxy) is 1. The summed E-state index contributed by atoms with van der Waals surface area (Å²) in [5.41, 5.74) is 1.21. The number of guanidine groups is 1. The fourth-order valence-electron chi connectivity index (χ4n) is 1.79. The van der Waals surface area contributed by atoms with E-state index in [9.17, 15) is 0 Å². The summed E-state index contributed by atoms with van der Waals surface area (Å²) < 4.78 is 5.34. The molecular formula is C15H26IN3O. The molecule has 20 heavy (non-hydrogen) atoms. The summed E-state index contributed by atoms with van der Waals surface area (Å²) >= 11 is 0. The molecule has 0 fully saturated rings. The third kappa shape index (κ3) is 6.98. The highest BCUT2D eigenvalue weighted by molar-refractivity contribution is 14.0. The number of nitrogens with zero attached hydrogens (tertiary/aromatic N) is 1. The first kappa shape index (κ1) is 19.0. The van der Waals surface area contributed by atoms with E-state index in [0.29, 0.717) is 0 Å². The summed E-state index contributed by atoms with van der Waals surface area (Å²) in [6.07, 6.45) is 1.98. The van der Waals surface area contributed by atoms with Crippen LogP contribution in [-0.2, 0) is 6.42 Å². The minimum absolute atomic E-state index is 0. The highest BCUT2D eigenvalue weighted by Crippen LogP contribution is 2.17. The van der Waals surface area contributed by atoms with Gasteiger partial charge in [-0.2, -0.15) is 0 Å². The van der Waals surface area contributed by atoms with Gasteiger partial charge in [0, 0.05) is 19.6 Å². The van der Waals surface area contributed by atoms with Crippen molar-refractivity contribution in [2.24, 2.45) is 4.99 Å². The van der Waals surface area contributed by atoms with Crippen LogP contribution in [0.5, 0.6) is 5.75 Å². The van der Waals surface area contributed by atoms with Gasteiger partial charge in [0.25, 0.3) is 0 Å². The van der Waals surface area contributed by atoms with Gasteiger partial charge in [0.05, 0.1) is 7.11 Å². The molecule has 0 bridgehead atoms. The van der Waals surface area contributed by atoms with Crippen LogP contribution in [0.1, 0.15) is 25.8 Å². The van der Waals surface area contributed by atoms with Gasteiger partial charge >= 0.3 is 0 Å². The second-order valence-electron chi connectivity index (χ2n) is 4.25. The number of hydrogen-bond donors (Lipinski definition) is 2. The van der Waals surface area contributed by atoms with Crippen LogP contribution in [0, 0.1) is 0 Å². The first-order valence-corrected chi connectivity index (χ1v) is 6.95. The van der Waals surface area contributed by atoms with E-state index >= 15 is 0 Å². The minimum atomic E-state index is 0. The Labute approximate surface area is 139 Å². The maximum Gasteiger partial charge on any atom is 0.191 e. The van der Waals surface area contributed by atoms with Gasteiger partial charge in [-0.1, -0.05) is 25.1 Å². The fraction of sp³-hybridized carbons (Fsp3) is 0.533. The number of nitrogens with one attached hydrogen (secondary N) is 2. The van der Waals surface area contributed by atoms with Gasteiger partial charge in [-0.3, -0.25) is 4.99 Å². The van der Waals surface area contributed by atoms with Gasteiger partial charge in [0.1, 0.15) is 5.75 Å². The molecule has 0 saturated carbocycles. The predicted molar refractivity (Wildman–Crippen MR) is 96.4 cm³/mol. The van der Waals surface area contributed by atoms with Crippen LogP contribution in [0.15, 0.2) is 29.3 Å². The lowest BCUT2D eigenvalue weighted by Gasteiger charge is -2.12. The molecule has 5 heteroatoms. The van der Waals surface area contributed by atoms with Gasteiger partial charge < -0.3 is 15.4 Å². The van der Waals surface area contributed by atoms with Crippen LogP contribution in [0.25, 0.3) is 0 Å². The zero-order valence-electron chi connectivity index (χ0n) is 12.6. The Hall–Kier alpha value is -0.980. The fourth-order valence-corrected chi connectivity index (χ4v) is 1.79. The Morgan fingerprint density at radius 1 is 1.20 bits per heavy atom. The standard InChI is InChI=1S/C15H25N3O.HI/c1-4-11-17-15(16-5-2)18-12-10-13-8-6-7-9-14(13)19-3;/h6-9H,4-5,10-12H2,1-3H3,(H2,16,17,18);1H. The highest BCUT2D eigenvalue weighted by Gasteiger charge is 2.02. The van der Waals surface area contributed by atoms with E-state index in [1.807, 2.05) is 18.2 Å². The molecule has 1 aromatic rings. The summed E-state index contributed by atoms with van der Waals surface area (Å²) in [5, 5.41) is 6.58. The second kappa shape index (κ2) is 11.8. The van der Waals surface area contributed by atoms with Gasteiger partial charge in [-0.15, -0.1) is 24.0 Å². The number of aliphatic imine (C=N–C) groups is 1. The number of hydrogen-bond acceptors (Lipinski definition) is 2. The Morgan fingerprint density at radius 2 is 1.95 bits per heavy atom. The highest BCUT2D eigenvalue weighted by atomic mass is 127. The average molecular weight is 391 g/mol. The van der Waals surface area contributed by atoms with Crippen LogP contribution in [0.2, 0.25) is 0 Å². The second-order valence-corrected chi connectivity index (χ2v) is 4.25. The zero-order chi connectivity index (χ0) is 13.9. The Balaban J connectivity index is 0.00000361. The molecule has 0 aliphatic rings. The molecule has 0 amide bonds. The summed E-state index contributed by atoms with van der Waals surface area (Å²) in [5.74, 6) is 1.83. The number of benzene rings is 1. The van der Waals surface area contributed by atoms with Crippen LogP contribution in [0.3, 0.4) is 0 Å². The molecule has 0 spiro atoms. The molecule has 1 rings (SSSR count). The Kier molecular flexibility index (Phi) is 11.2. The van der Waals surface area contributed by atoms with Crippen molar-refractivity contribution in [2.75, 3.05) is 26.7 Å². The monoisotopic (exact) mass is 391 g/mol. The minimum Gasteiger partial charge on any atom is -0.496 e. The van der Waals surface area contributed by atoms with Crippen molar-refractivity contribution in [3.8, 4) is 5.75 Å². The number of para-hydroxylation sites is 1. The Bertz CT molecular complexity index is 396. The molecule has 2 N–H and O–H groups in total. The van der Waals surface area contributed by atoms with Gasteiger partial charge in [-0.05, 0) is 31.4 Å². The van der Waals surface area contributed by atoms with E-state index in [4.69, 9.17) is 4.74 Å². The van der Waals surface area contributed by atoms with Crippen LogP contribution < -0.4 is 15.4 Å². The summed E-state index contributed by atoms with van der Waals surface area (Å²) in [6, 6.07) is 8.11. The molecule has 0 atom stereocenters. The SMILES string of the molecule is CCCN=C(NCC)NCCc1ccccc1OC.I. The van der Waals surface area contributed by atoms with Gasteiger partial charge in [0.2, 0.25) is 0 Å². The van der Waals surface area contributed by atoms with Gasteiger partial charge in [-0.25, -0.2) is 0 Å². The molecule has 0 unspecified atom stereocenters. The topological polar surface area (TPSA) is 45.7 Å². The summed E-state index contributed by atoms with van der Waals surface area (Å²) in [4.78, 5) is 4.47. The molecule has 0 aromatic heterocycles. The Morgan fingerprint density at radius 3 is 2.60 bits per heavy atom. The van der Waals surface area contributed by atoms with E-state index in [1.54, 1.807) is 7.11 Å². The number of halogens is 1. The van der Waals surface area contributed by atoms with E-state index < -0.39 is 0 Å².